The van der Waals surface area contributed by atoms with Gasteiger partial charge in [0, 0.05) is 31.0 Å². The van der Waals surface area contributed by atoms with Gasteiger partial charge in [-0.05, 0) is 77.8 Å². The number of nitrogens with zero attached hydrogens (tertiary/aromatic N) is 3. The van der Waals surface area contributed by atoms with Crippen molar-refractivity contribution in [2.75, 3.05) is 20.2 Å². The van der Waals surface area contributed by atoms with E-state index in [2.05, 4.69) is 5.32 Å². The number of rotatable bonds is 13. The van der Waals surface area contributed by atoms with Crippen molar-refractivity contribution in [2.45, 2.75) is 109 Å². The fraction of sp³-hybridized carbons (Fsp3) is 0.600. The van der Waals surface area contributed by atoms with Crippen molar-refractivity contribution in [3.8, 4) is 5.75 Å². The van der Waals surface area contributed by atoms with Gasteiger partial charge >= 0.3 is 6.09 Å². The SMILES string of the molecule is CC(C(=O)NC(C(=O)N1CCC[C@H]1c1nc(C(=O)c2cccc(OCCCC=O)c2)cs1)C1CCCCC1)N(C)C(=O)OC(C)(C)C. The minimum Gasteiger partial charge on any atom is -0.494 e. The van der Waals surface area contributed by atoms with Gasteiger partial charge in [-0.2, -0.15) is 0 Å². The number of aromatic nitrogens is 1. The predicted molar refractivity (Wildman–Crippen MR) is 178 cm³/mol. The molecule has 0 radical (unpaired) electrons. The molecular formula is C35H48N4O7S. The Kier molecular flexibility index (Phi) is 12.5. The summed E-state index contributed by atoms with van der Waals surface area (Å²) in [5.74, 6) is -0.260. The first-order chi connectivity index (χ1) is 22.4. The highest BCUT2D eigenvalue weighted by Crippen LogP contribution is 2.36. The fourth-order valence-corrected chi connectivity index (χ4v) is 6.98. The number of carbonyl (C=O) groups is 5. The van der Waals surface area contributed by atoms with Gasteiger partial charge in [0.1, 0.15) is 40.4 Å². The van der Waals surface area contributed by atoms with Gasteiger partial charge in [-0.3, -0.25) is 19.3 Å². The lowest BCUT2D eigenvalue weighted by Gasteiger charge is -2.36. The summed E-state index contributed by atoms with van der Waals surface area (Å²) in [7, 11) is 1.52. The van der Waals surface area contributed by atoms with E-state index in [4.69, 9.17) is 14.5 Å². The van der Waals surface area contributed by atoms with Crippen LogP contribution in [0.3, 0.4) is 0 Å². The Morgan fingerprint density at radius 1 is 1.13 bits per heavy atom. The number of hydrogen-bond donors (Lipinski definition) is 1. The lowest BCUT2D eigenvalue weighted by molar-refractivity contribution is -0.140. The monoisotopic (exact) mass is 668 g/mol. The van der Waals surface area contributed by atoms with Gasteiger partial charge in [0.15, 0.2) is 0 Å². The van der Waals surface area contributed by atoms with E-state index in [1.807, 2.05) is 4.90 Å². The smallest absolute Gasteiger partial charge is 0.410 e. The summed E-state index contributed by atoms with van der Waals surface area (Å²) in [6.07, 6.45) is 7.50. The lowest BCUT2D eigenvalue weighted by atomic mass is 9.83. The highest BCUT2D eigenvalue weighted by Gasteiger charge is 2.41. The Morgan fingerprint density at radius 2 is 1.87 bits per heavy atom. The molecule has 1 aromatic heterocycles. The third kappa shape index (κ3) is 9.62. The molecule has 4 rings (SSSR count). The Labute approximate surface area is 281 Å². The number of carbonyl (C=O) groups excluding carboxylic acids is 5. The maximum absolute atomic E-state index is 14.3. The minimum absolute atomic E-state index is 0.0122. The number of ketones is 1. The third-order valence-electron chi connectivity index (χ3n) is 8.73. The Morgan fingerprint density at radius 3 is 2.57 bits per heavy atom. The van der Waals surface area contributed by atoms with Crippen molar-refractivity contribution in [2.24, 2.45) is 5.92 Å². The van der Waals surface area contributed by atoms with Crippen molar-refractivity contribution in [3.05, 3.63) is 45.9 Å². The summed E-state index contributed by atoms with van der Waals surface area (Å²) < 4.78 is 11.1. The number of likely N-dealkylation sites (N-methyl/N-ethyl adjacent to an activating group) is 1. The fourth-order valence-electron chi connectivity index (χ4n) is 6.03. The Balaban J connectivity index is 1.48. The minimum atomic E-state index is -0.842. The average molecular weight is 669 g/mol. The van der Waals surface area contributed by atoms with Crippen molar-refractivity contribution >= 4 is 41.3 Å². The highest BCUT2D eigenvalue weighted by atomic mass is 32.1. The van der Waals surface area contributed by atoms with Crippen LogP contribution in [0.5, 0.6) is 5.75 Å². The largest absolute Gasteiger partial charge is 0.494 e. The molecule has 2 heterocycles. The van der Waals surface area contributed by atoms with Crippen LogP contribution >= 0.6 is 11.3 Å². The van der Waals surface area contributed by atoms with Crippen molar-refractivity contribution < 1.29 is 33.4 Å². The molecule has 1 aliphatic carbocycles. The molecule has 3 amide bonds. The zero-order valence-electron chi connectivity index (χ0n) is 28.2. The number of hydrogen-bond acceptors (Lipinski definition) is 9. The van der Waals surface area contributed by atoms with E-state index in [9.17, 15) is 24.0 Å². The molecule has 12 heteroatoms. The first-order valence-electron chi connectivity index (χ1n) is 16.6. The third-order valence-corrected chi connectivity index (χ3v) is 9.68. The molecule has 0 bridgehead atoms. The summed E-state index contributed by atoms with van der Waals surface area (Å²) in [4.78, 5) is 72.1. The molecule has 1 saturated carbocycles. The molecule has 256 valence electrons. The van der Waals surface area contributed by atoms with E-state index in [0.717, 1.165) is 44.8 Å². The van der Waals surface area contributed by atoms with E-state index in [0.29, 0.717) is 54.4 Å². The number of likely N-dealkylation sites (tertiary alicyclic amines) is 1. The summed E-state index contributed by atoms with van der Waals surface area (Å²) in [5, 5.41) is 5.44. The number of thiazole rings is 1. The number of ether oxygens (including phenoxy) is 2. The Hall–Kier alpha value is -3.80. The van der Waals surface area contributed by atoms with E-state index >= 15 is 0 Å². The van der Waals surface area contributed by atoms with Crippen molar-refractivity contribution in [1.82, 2.24) is 20.1 Å². The van der Waals surface area contributed by atoms with Gasteiger partial charge < -0.3 is 24.5 Å². The second-order valence-corrected chi connectivity index (χ2v) is 14.3. The van der Waals surface area contributed by atoms with Crippen LogP contribution in [0, 0.1) is 5.92 Å². The van der Waals surface area contributed by atoms with Crippen LogP contribution in [0.4, 0.5) is 4.79 Å². The lowest BCUT2D eigenvalue weighted by Crippen LogP contribution is -2.56. The second-order valence-electron chi connectivity index (χ2n) is 13.4. The van der Waals surface area contributed by atoms with E-state index < -0.39 is 29.7 Å². The molecule has 1 N–H and O–H groups in total. The van der Waals surface area contributed by atoms with Gasteiger partial charge in [0.25, 0.3) is 0 Å². The zero-order chi connectivity index (χ0) is 34.1. The van der Waals surface area contributed by atoms with Gasteiger partial charge in [0.05, 0.1) is 12.6 Å². The van der Waals surface area contributed by atoms with Crippen LogP contribution in [-0.4, -0.2) is 82.6 Å². The molecule has 2 aliphatic rings. The van der Waals surface area contributed by atoms with E-state index in [-0.39, 0.29) is 23.7 Å². The standard InChI is InChI=1S/C35H48N4O7S/c1-23(38(5)34(44)46-35(2,3)4)31(42)37-29(24-13-7-6-8-14-24)33(43)39-18-12-17-28(39)32-36-27(22-47-32)30(41)25-15-11-16-26(21-25)45-20-10-9-19-40/h11,15-16,19,21-24,28-29H,6-10,12-14,17-18,20H2,1-5H3,(H,37,42)/t23?,28-,29?/m0/s1. The zero-order valence-corrected chi connectivity index (χ0v) is 29.0. The average Bonchev–Trinajstić information content (AvgIpc) is 3.74. The number of unbranched alkanes of at least 4 members (excludes halogenated alkanes) is 1. The molecule has 47 heavy (non-hydrogen) atoms. The molecule has 11 nitrogen and oxygen atoms in total. The maximum atomic E-state index is 14.3. The van der Waals surface area contributed by atoms with E-state index in [1.54, 1.807) is 57.3 Å². The number of benzene rings is 1. The van der Waals surface area contributed by atoms with Crippen molar-refractivity contribution in [1.29, 1.82) is 0 Å². The molecule has 2 aromatic rings. The molecule has 1 aliphatic heterocycles. The van der Waals surface area contributed by atoms with Gasteiger partial charge in [0.2, 0.25) is 17.6 Å². The predicted octanol–water partition coefficient (Wildman–Crippen LogP) is 5.72. The summed E-state index contributed by atoms with van der Waals surface area (Å²) in [6.45, 7) is 7.84. The maximum Gasteiger partial charge on any atom is 0.410 e. The van der Waals surface area contributed by atoms with Gasteiger partial charge in [-0.1, -0.05) is 31.4 Å². The normalized spacial score (nSPS) is 18.2. The summed E-state index contributed by atoms with van der Waals surface area (Å²) in [6, 6.07) is 5.03. The van der Waals surface area contributed by atoms with Crippen LogP contribution in [-0.2, 0) is 19.1 Å². The summed E-state index contributed by atoms with van der Waals surface area (Å²) >= 11 is 1.36. The molecular weight excluding hydrogens is 620 g/mol. The number of amides is 3. The number of nitrogens with one attached hydrogen (secondary N) is 1. The molecule has 3 atom stereocenters. The van der Waals surface area contributed by atoms with E-state index in [1.165, 1.54) is 23.3 Å². The quantitative estimate of drug-likeness (QED) is 0.163. The molecule has 1 aromatic carbocycles. The van der Waals surface area contributed by atoms with Crippen LogP contribution in [0.25, 0.3) is 0 Å². The van der Waals surface area contributed by atoms with Crippen LogP contribution in [0.1, 0.15) is 113 Å². The first-order valence-corrected chi connectivity index (χ1v) is 17.5. The molecule has 0 spiro atoms. The van der Waals surface area contributed by atoms with Gasteiger partial charge in [-0.25, -0.2) is 9.78 Å². The van der Waals surface area contributed by atoms with Crippen LogP contribution in [0.15, 0.2) is 29.6 Å². The summed E-state index contributed by atoms with van der Waals surface area (Å²) in [5.41, 5.74) is 0.0438. The Bertz CT molecular complexity index is 1410. The highest BCUT2D eigenvalue weighted by molar-refractivity contribution is 7.10. The van der Waals surface area contributed by atoms with Gasteiger partial charge in [-0.15, -0.1) is 11.3 Å². The molecule has 2 unspecified atom stereocenters. The first kappa shape index (κ1) is 36.0. The van der Waals surface area contributed by atoms with Crippen LogP contribution < -0.4 is 10.1 Å². The number of aldehydes is 1. The van der Waals surface area contributed by atoms with Crippen molar-refractivity contribution in [3.63, 3.8) is 0 Å². The second kappa shape index (κ2) is 16.3. The molecule has 2 fully saturated rings. The topological polar surface area (TPSA) is 135 Å². The van der Waals surface area contributed by atoms with Crippen LogP contribution in [0.2, 0.25) is 0 Å². The molecule has 1 saturated heterocycles.